The summed E-state index contributed by atoms with van der Waals surface area (Å²) in [4.78, 5) is 5.30. The summed E-state index contributed by atoms with van der Waals surface area (Å²) in [6.07, 6.45) is 6.72. The van der Waals surface area contributed by atoms with Gasteiger partial charge in [0.05, 0.1) is 34.1 Å². The molecule has 3 heterocycles. The van der Waals surface area contributed by atoms with Crippen molar-refractivity contribution in [3.05, 3.63) is 143 Å². The van der Waals surface area contributed by atoms with E-state index in [1.54, 1.807) is 0 Å². The van der Waals surface area contributed by atoms with E-state index >= 15 is 0 Å². The van der Waals surface area contributed by atoms with E-state index in [0.717, 1.165) is 35.2 Å². The van der Waals surface area contributed by atoms with Crippen LogP contribution in [0, 0.1) is 5.41 Å². The molecule has 0 atom stereocenters. The maximum absolute atomic E-state index is 5.30. The molecule has 5 aromatic carbocycles. The molecule has 0 N–H and O–H groups in total. The monoisotopic (exact) mass is 761 g/mol. The molecule has 3 aromatic heterocycles. The normalized spacial score (nSPS) is 14.2. The SMILES string of the molecule is CC(C)(C)C1=Cc2c(n(-c3ccc(-c4ncc(-n5c6ccc(C(C)(C)C)cc6c6cc(C(C)(C)C)ccc65)c5ccccc45)cc3)c3ccc(C(C)(C)C)cc23)CC1. The average Bonchev–Trinajstić information content (AvgIpc) is 3.67. The van der Waals surface area contributed by atoms with Crippen molar-refractivity contribution in [3.8, 4) is 22.6 Å². The van der Waals surface area contributed by atoms with Crippen molar-refractivity contribution in [3.63, 3.8) is 0 Å². The first-order valence-corrected chi connectivity index (χ1v) is 21.3. The fourth-order valence-electron chi connectivity index (χ4n) is 9.20. The minimum atomic E-state index is 0.0477. The first kappa shape index (κ1) is 38.1. The first-order chi connectivity index (χ1) is 27.3. The highest BCUT2D eigenvalue weighted by Gasteiger charge is 2.28. The van der Waals surface area contributed by atoms with Gasteiger partial charge in [0.25, 0.3) is 0 Å². The van der Waals surface area contributed by atoms with Crippen LogP contribution in [0.2, 0.25) is 0 Å². The maximum Gasteiger partial charge on any atom is 0.0781 e. The van der Waals surface area contributed by atoms with Crippen molar-refractivity contribution < 1.29 is 0 Å². The van der Waals surface area contributed by atoms with E-state index in [0.29, 0.717) is 0 Å². The Morgan fingerprint density at radius 3 is 1.48 bits per heavy atom. The van der Waals surface area contributed by atoms with Gasteiger partial charge < -0.3 is 9.13 Å². The second-order valence-corrected chi connectivity index (χ2v) is 21.0. The van der Waals surface area contributed by atoms with Gasteiger partial charge in [-0.1, -0.05) is 149 Å². The first-order valence-electron chi connectivity index (χ1n) is 21.3. The van der Waals surface area contributed by atoms with Crippen LogP contribution < -0.4 is 0 Å². The van der Waals surface area contributed by atoms with Gasteiger partial charge in [-0.25, -0.2) is 0 Å². The van der Waals surface area contributed by atoms with Gasteiger partial charge in [0.1, 0.15) is 0 Å². The van der Waals surface area contributed by atoms with E-state index in [1.165, 1.54) is 77.3 Å². The molecule has 0 amide bonds. The number of rotatable bonds is 3. The molecule has 58 heavy (non-hydrogen) atoms. The van der Waals surface area contributed by atoms with Crippen LogP contribution in [0.4, 0.5) is 0 Å². The lowest BCUT2D eigenvalue weighted by molar-refractivity contribution is 0.483. The van der Waals surface area contributed by atoms with Gasteiger partial charge in [-0.05, 0) is 99.7 Å². The molecule has 0 fully saturated rings. The van der Waals surface area contributed by atoms with E-state index in [1.807, 2.05) is 0 Å². The van der Waals surface area contributed by atoms with Gasteiger partial charge in [-0.3, -0.25) is 4.98 Å². The molecule has 1 aliphatic carbocycles. The highest BCUT2D eigenvalue weighted by molar-refractivity contribution is 6.12. The van der Waals surface area contributed by atoms with Crippen LogP contribution in [-0.2, 0) is 22.7 Å². The molecule has 3 heteroatoms. The molecule has 0 bridgehead atoms. The number of hydrogen-bond acceptors (Lipinski definition) is 1. The van der Waals surface area contributed by atoms with Crippen molar-refractivity contribution in [2.75, 3.05) is 0 Å². The predicted octanol–water partition coefficient (Wildman–Crippen LogP) is 15.2. The van der Waals surface area contributed by atoms with Crippen LogP contribution in [0.3, 0.4) is 0 Å². The van der Waals surface area contributed by atoms with Gasteiger partial charge >= 0.3 is 0 Å². The Kier molecular flexibility index (Phi) is 8.58. The molecule has 0 saturated heterocycles. The summed E-state index contributed by atoms with van der Waals surface area (Å²) in [5, 5.41) is 6.27. The van der Waals surface area contributed by atoms with Crippen LogP contribution >= 0.6 is 0 Å². The zero-order valence-corrected chi connectivity index (χ0v) is 36.7. The number of aromatic nitrogens is 3. The molecule has 294 valence electrons. The largest absolute Gasteiger partial charge is 0.313 e. The zero-order valence-electron chi connectivity index (χ0n) is 36.7. The fourth-order valence-corrected chi connectivity index (χ4v) is 9.20. The van der Waals surface area contributed by atoms with Crippen molar-refractivity contribution in [2.45, 2.75) is 112 Å². The Morgan fingerprint density at radius 1 is 0.466 bits per heavy atom. The Balaban J connectivity index is 1.19. The van der Waals surface area contributed by atoms with Gasteiger partial charge in [0.15, 0.2) is 0 Å². The minimum absolute atomic E-state index is 0.0477. The topological polar surface area (TPSA) is 22.8 Å². The number of allylic oxidation sites excluding steroid dienone is 1. The quantitative estimate of drug-likeness (QED) is 0.176. The number of pyridine rings is 1. The molecular weight excluding hydrogens is 703 g/mol. The summed E-state index contributed by atoms with van der Waals surface area (Å²) in [6.45, 7) is 27.8. The molecule has 1 aliphatic rings. The van der Waals surface area contributed by atoms with Gasteiger partial charge in [0.2, 0.25) is 0 Å². The number of hydrogen-bond donors (Lipinski definition) is 0. The molecule has 0 radical (unpaired) electrons. The lowest BCUT2D eigenvalue weighted by atomic mass is 9.79. The summed E-state index contributed by atoms with van der Waals surface area (Å²) in [6, 6.07) is 39.2. The van der Waals surface area contributed by atoms with E-state index in [9.17, 15) is 0 Å². The van der Waals surface area contributed by atoms with Crippen LogP contribution in [0.5, 0.6) is 0 Å². The van der Waals surface area contributed by atoms with Crippen LogP contribution in [0.25, 0.3) is 72.2 Å². The second-order valence-electron chi connectivity index (χ2n) is 21.0. The van der Waals surface area contributed by atoms with Crippen molar-refractivity contribution in [1.29, 1.82) is 0 Å². The summed E-state index contributed by atoms with van der Waals surface area (Å²) in [7, 11) is 0. The van der Waals surface area contributed by atoms with Crippen LogP contribution in [0.1, 0.15) is 117 Å². The summed E-state index contributed by atoms with van der Waals surface area (Å²) < 4.78 is 4.96. The summed E-state index contributed by atoms with van der Waals surface area (Å²) >= 11 is 0. The van der Waals surface area contributed by atoms with Crippen molar-refractivity contribution in [2.24, 2.45) is 5.41 Å². The second kappa shape index (κ2) is 13.0. The highest BCUT2D eigenvalue weighted by atomic mass is 15.0. The molecule has 0 spiro atoms. The number of fused-ring (bicyclic) bond motifs is 7. The summed E-state index contributed by atoms with van der Waals surface area (Å²) in [5.41, 5.74) is 16.8. The third-order valence-electron chi connectivity index (χ3n) is 12.8. The Morgan fingerprint density at radius 2 is 0.966 bits per heavy atom. The number of benzene rings is 5. The lowest BCUT2D eigenvalue weighted by Gasteiger charge is -2.27. The molecule has 9 rings (SSSR count). The van der Waals surface area contributed by atoms with Crippen LogP contribution in [0.15, 0.2) is 115 Å². The summed E-state index contributed by atoms with van der Waals surface area (Å²) in [5.74, 6) is 0. The maximum atomic E-state index is 5.30. The molecule has 8 aromatic rings. The standard InChI is InChI=1S/C55H59N3/c1-52(2,3)35-19-25-46-42(29-35)43-30-36(53(4,5)6)20-26-47(43)57(46)39-23-17-34(18-24-39)51-41-16-14-13-15-40(41)50(33-56-51)58-48-27-21-37(54(7,8)9)31-44(48)45-32-38(55(10,11)12)22-28-49(45)58/h13-19,21-25,27-33H,20,26H2,1-12H3. The fraction of sp³-hybridized carbons (Fsp3) is 0.327. The van der Waals surface area contributed by atoms with Crippen molar-refractivity contribution in [1.82, 2.24) is 14.1 Å². The van der Waals surface area contributed by atoms with Gasteiger partial charge in [0, 0.05) is 49.4 Å². The Labute approximate surface area is 345 Å². The molecular formula is C55H59N3. The van der Waals surface area contributed by atoms with Crippen LogP contribution in [-0.4, -0.2) is 14.1 Å². The third-order valence-corrected chi connectivity index (χ3v) is 12.8. The smallest absolute Gasteiger partial charge is 0.0781 e. The molecule has 0 unspecified atom stereocenters. The minimum Gasteiger partial charge on any atom is -0.313 e. The third kappa shape index (κ3) is 6.29. The van der Waals surface area contributed by atoms with E-state index in [-0.39, 0.29) is 21.7 Å². The molecule has 0 saturated carbocycles. The molecule has 0 aliphatic heterocycles. The average molecular weight is 762 g/mol. The van der Waals surface area contributed by atoms with Gasteiger partial charge in [-0.15, -0.1) is 0 Å². The zero-order chi connectivity index (χ0) is 41.1. The van der Waals surface area contributed by atoms with E-state index in [4.69, 9.17) is 4.98 Å². The number of nitrogens with zero attached hydrogens (tertiary/aromatic N) is 3. The molecule has 3 nitrogen and oxygen atoms in total. The van der Waals surface area contributed by atoms with Gasteiger partial charge in [-0.2, -0.15) is 0 Å². The lowest BCUT2D eigenvalue weighted by Crippen LogP contribution is -2.14. The van der Waals surface area contributed by atoms with E-state index < -0.39 is 0 Å². The van der Waals surface area contributed by atoms with Crippen molar-refractivity contribution >= 4 is 49.6 Å². The Bertz CT molecular complexity index is 2880. The van der Waals surface area contributed by atoms with E-state index in [2.05, 4.69) is 208 Å². The predicted molar refractivity (Wildman–Crippen MR) is 250 cm³/mol. The highest BCUT2D eigenvalue weighted by Crippen LogP contribution is 2.43. The Hall–Kier alpha value is -5.41.